The molecule has 2 rings (SSSR count). The Bertz CT molecular complexity index is 596. The van der Waals surface area contributed by atoms with Gasteiger partial charge in [-0.1, -0.05) is 29.8 Å². The van der Waals surface area contributed by atoms with Crippen LogP contribution in [0.2, 0.25) is 5.02 Å². The molecular formula is C14H9ClF2O. The summed E-state index contributed by atoms with van der Waals surface area (Å²) in [5.41, 5.74) is 0.470. The molecule has 0 saturated heterocycles. The summed E-state index contributed by atoms with van der Waals surface area (Å²) in [5.74, 6) is -1.45. The molecule has 0 bridgehead atoms. The number of ketones is 1. The number of benzene rings is 2. The lowest BCUT2D eigenvalue weighted by atomic mass is 10.0. The van der Waals surface area contributed by atoms with Crippen LogP contribution in [-0.4, -0.2) is 5.78 Å². The fourth-order valence-electron chi connectivity index (χ4n) is 1.59. The third kappa shape index (κ3) is 2.74. The molecule has 0 amide bonds. The summed E-state index contributed by atoms with van der Waals surface area (Å²) in [7, 11) is 0. The van der Waals surface area contributed by atoms with E-state index in [0.717, 1.165) is 6.07 Å². The minimum atomic E-state index is -0.656. The van der Waals surface area contributed by atoms with Crippen LogP contribution < -0.4 is 0 Å². The molecule has 0 saturated carbocycles. The number of carbonyl (C=O) groups excluding carboxylic acids is 1. The number of carbonyl (C=O) groups is 1. The van der Waals surface area contributed by atoms with Crippen molar-refractivity contribution < 1.29 is 13.6 Å². The van der Waals surface area contributed by atoms with Crippen LogP contribution in [0.1, 0.15) is 15.9 Å². The Labute approximate surface area is 108 Å². The summed E-state index contributed by atoms with van der Waals surface area (Å²) in [5, 5.41) is -0.0440. The molecule has 0 aliphatic rings. The molecule has 4 heteroatoms. The number of hydrogen-bond donors (Lipinski definition) is 0. The van der Waals surface area contributed by atoms with Crippen LogP contribution >= 0.6 is 11.6 Å². The van der Waals surface area contributed by atoms with Crippen LogP contribution in [0.4, 0.5) is 8.78 Å². The highest BCUT2D eigenvalue weighted by atomic mass is 35.5. The normalized spacial score (nSPS) is 10.4. The van der Waals surface area contributed by atoms with Gasteiger partial charge in [0.1, 0.15) is 11.6 Å². The quantitative estimate of drug-likeness (QED) is 0.766. The van der Waals surface area contributed by atoms with E-state index in [0.29, 0.717) is 0 Å². The summed E-state index contributed by atoms with van der Waals surface area (Å²) in [4.78, 5) is 11.9. The predicted molar refractivity (Wildman–Crippen MR) is 65.8 cm³/mol. The Morgan fingerprint density at radius 1 is 1.06 bits per heavy atom. The maximum Gasteiger partial charge on any atom is 0.167 e. The molecule has 0 unspecified atom stereocenters. The Balaban J connectivity index is 2.22. The van der Waals surface area contributed by atoms with E-state index in [1.807, 2.05) is 0 Å². The Morgan fingerprint density at radius 2 is 1.78 bits per heavy atom. The highest BCUT2D eigenvalue weighted by Crippen LogP contribution is 2.17. The first kappa shape index (κ1) is 12.7. The molecule has 0 radical (unpaired) electrons. The average Bonchev–Trinajstić information content (AvgIpc) is 2.35. The van der Waals surface area contributed by atoms with Gasteiger partial charge < -0.3 is 0 Å². The first-order valence-corrected chi connectivity index (χ1v) is 5.67. The molecule has 0 heterocycles. The SMILES string of the molecule is O=C(Cc1ccccc1F)c1ccc(Cl)c(F)c1. The number of hydrogen-bond acceptors (Lipinski definition) is 1. The van der Waals surface area contributed by atoms with Gasteiger partial charge in [-0.3, -0.25) is 4.79 Å². The van der Waals surface area contributed by atoms with Gasteiger partial charge in [-0.25, -0.2) is 8.78 Å². The lowest BCUT2D eigenvalue weighted by Crippen LogP contribution is -2.05. The minimum absolute atomic E-state index is 0.0440. The second kappa shape index (κ2) is 5.27. The average molecular weight is 267 g/mol. The topological polar surface area (TPSA) is 17.1 Å². The van der Waals surface area contributed by atoms with E-state index in [1.165, 1.54) is 24.3 Å². The van der Waals surface area contributed by atoms with Gasteiger partial charge in [-0.15, -0.1) is 0 Å². The van der Waals surface area contributed by atoms with Gasteiger partial charge in [0.05, 0.1) is 5.02 Å². The lowest BCUT2D eigenvalue weighted by molar-refractivity contribution is 0.0991. The largest absolute Gasteiger partial charge is 0.294 e. The summed E-state index contributed by atoms with van der Waals surface area (Å²) in [6, 6.07) is 9.80. The van der Waals surface area contributed by atoms with Crippen molar-refractivity contribution in [2.45, 2.75) is 6.42 Å². The second-order valence-electron chi connectivity index (χ2n) is 3.82. The number of halogens is 3. The van der Waals surface area contributed by atoms with Crippen LogP contribution in [0.5, 0.6) is 0 Å². The number of rotatable bonds is 3. The standard InChI is InChI=1S/C14H9ClF2O/c15-11-6-5-10(7-13(11)17)14(18)8-9-3-1-2-4-12(9)16/h1-7H,8H2. The minimum Gasteiger partial charge on any atom is -0.294 e. The van der Waals surface area contributed by atoms with Crippen LogP contribution in [-0.2, 0) is 6.42 Å². The van der Waals surface area contributed by atoms with E-state index < -0.39 is 11.6 Å². The Kier molecular flexibility index (Phi) is 3.72. The molecule has 0 N–H and O–H groups in total. The molecule has 0 aliphatic carbocycles. The van der Waals surface area contributed by atoms with Gasteiger partial charge in [0.15, 0.2) is 5.78 Å². The Hall–Kier alpha value is -1.74. The third-order valence-corrected chi connectivity index (χ3v) is 2.86. The van der Waals surface area contributed by atoms with Crippen molar-refractivity contribution in [3.05, 3.63) is 70.2 Å². The second-order valence-corrected chi connectivity index (χ2v) is 4.23. The molecule has 0 spiro atoms. The van der Waals surface area contributed by atoms with E-state index in [9.17, 15) is 13.6 Å². The van der Waals surface area contributed by atoms with Gasteiger partial charge in [-0.2, -0.15) is 0 Å². The van der Waals surface area contributed by atoms with Gasteiger partial charge in [0.25, 0.3) is 0 Å². The monoisotopic (exact) mass is 266 g/mol. The molecule has 0 atom stereocenters. The zero-order chi connectivity index (χ0) is 13.1. The molecule has 0 aliphatic heterocycles. The fraction of sp³-hybridized carbons (Fsp3) is 0.0714. The van der Waals surface area contributed by atoms with Crippen LogP contribution in [0.15, 0.2) is 42.5 Å². The highest BCUT2D eigenvalue weighted by molar-refractivity contribution is 6.30. The summed E-state index contributed by atoms with van der Waals surface area (Å²) >= 11 is 5.52. The Morgan fingerprint density at radius 3 is 2.44 bits per heavy atom. The molecule has 1 nitrogen and oxygen atoms in total. The maximum absolute atomic E-state index is 13.4. The number of Topliss-reactive ketones (excluding diaryl/α,β-unsaturated/α-hetero) is 1. The molecular weight excluding hydrogens is 258 g/mol. The molecule has 2 aromatic carbocycles. The van der Waals surface area contributed by atoms with Gasteiger partial charge in [0.2, 0.25) is 0 Å². The van der Waals surface area contributed by atoms with E-state index >= 15 is 0 Å². The molecule has 0 aromatic heterocycles. The van der Waals surface area contributed by atoms with Crippen molar-refractivity contribution in [1.29, 1.82) is 0 Å². The first-order chi connectivity index (χ1) is 8.58. The van der Waals surface area contributed by atoms with Crippen LogP contribution in [0.25, 0.3) is 0 Å². The predicted octanol–water partition coefficient (Wildman–Crippen LogP) is 4.04. The van der Waals surface area contributed by atoms with Gasteiger partial charge in [-0.05, 0) is 29.8 Å². The molecule has 2 aromatic rings. The highest BCUT2D eigenvalue weighted by Gasteiger charge is 2.11. The molecule has 0 fully saturated rings. The van der Waals surface area contributed by atoms with E-state index in [4.69, 9.17) is 11.6 Å². The van der Waals surface area contributed by atoms with Crippen molar-refractivity contribution in [2.75, 3.05) is 0 Å². The van der Waals surface area contributed by atoms with Crippen molar-refractivity contribution in [1.82, 2.24) is 0 Å². The van der Waals surface area contributed by atoms with Gasteiger partial charge in [0, 0.05) is 12.0 Å². The van der Waals surface area contributed by atoms with E-state index in [-0.39, 0.29) is 28.4 Å². The maximum atomic E-state index is 13.4. The van der Waals surface area contributed by atoms with E-state index in [1.54, 1.807) is 12.1 Å². The summed E-state index contributed by atoms with van der Waals surface area (Å²) < 4.78 is 26.6. The molecule has 18 heavy (non-hydrogen) atoms. The van der Waals surface area contributed by atoms with Gasteiger partial charge >= 0.3 is 0 Å². The fourth-order valence-corrected chi connectivity index (χ4v) is 1.70. The molecule has 92 valence electrons. The summed E-state index contributed by atoms with van der Waals surface area (Å²) in [6.45, 7) is 0. The van der Waals surface area contributed by atoms with Crippen molar-refractivity contribution in [3.63, 3.8) is 0 Å². The first-order valence-electron chi connectivity index (χ1n) is 5.29. The van der Waals surface area contributed by atoms with Crippen molar-refractivity contribution in [3.8, 4) is 0 Å². The van der Waals surface area contributed by atoms with Crippen molar-refractivity contribution >= 4 is 17.4 Å². The zero-order valence-electron chi connectivity index (χ0n) is 9.29. The zero-order valence-corrected chi connectivity index (χ0v) is 10.0. The third-order valence-electron chi connectivity index (χ3n) is 2.55. The van der Waals surface area contributed by atoms with E-state index in [2.05, 4.69) is 0 Å². The smallest absolute Gasteiger partial charge is 0.167 e. The van der Waals surface area contributed by atoms with Crippen LogP contribution in [0.3, 0.4) is 0 Å². The van der Waals surface area contributed by atoms with Crippen LogP contribution in [0, 0.1) is 11.6 Å². The van der Waals surface area contributed by atoms with Crippen molar-refractivity contribution in [2.24, 2.45) is 0 Å². The lowest BCUT2D eigenvalue weighted by Gasteiger charge is -2.03. The summed E-state index contributed by atoms with van der Waals surface area (Å²) in [6.07, 6.45) is -0.103.